The molecule has 0 aliphatic heterocycles. The summed E-state index contributed by atoms with van der Waals surface area (Å²) in [6.07, 6.45) is 2.05. The number of nitrogens with zero attached hydrogens (tertiary/aromatic N) is 1. The van der Waals surface area contributed by atoms with Crippen molar-refractivity contribution in [1.82, 2.24) is 4.98 Å². The van der Waals surface area contributed by atoms with E-state index in [4.69, 9.17) is 4.42 Å². The third-order valence-corrected chi connectivity index (χ3v) is 1.28. The molecule has 60 valence electrons. The van der Waals surface area contributed by atoms with E-state index in [0.29, 0.717) is 17.9 Å². The molecule has 0 amide bonds. The van der Waals surface area contributed by atoms with Crippen LogP contribution < -0.4 is 0 Å². The van der Waals surface area contributed by atoms with Crippen molar-refractivity contribution < 1.29 is 9.21 Å². The van der Waals surface area contributed by atoms with Crippen LogP contribution in [0.3, 0.4) is 0 Å². The second-order valence-electron chi connectivity index (χ2n) is 3.45. The highest BCUT2D eigenvalue weighted by atomic mass is 16.3. The lowest BCUT2D eigenvalue weighted by Gasteiger charge is -2.11. The standard InChI is InChI=1S/C8H11NO2/c1-8(2,3)7-9-6(4-10)5-11-7/h4-5H,1-3H3. The molecule has 0 fully saturated rings. The van der Waals surface area contributed by atoms with Gasteiger partial charge in [0.2, 0.25) is 0 Å². The molecule has 3 heteroatoms. The fraction of sp³-hybridized carbons (Fsp3) is 0.500. The second kappa shape index (κ2) is 2.49. The molecule has 3 nitrogen and oxygen atoms in total. The highest BCUT2D eigenvalue weighted by Gasteiger charge is 2.19. The van der Waals surface area contributed by atoms with Crippen LogP contribution in [-0.4, -0.2) is 11.3 Å². The Morgan fingerprint density at radius 1 is 1.55 bits per heavy atom. The minimum absolute atomic E-state index is 0.124. The highest BCUT2D eigenvalue weighted by Crippen LogP contribution is 2.20. The van der Waals surface area contributed by atoms with Crippen molar-refractivity contribution in [3.63, 3.8) is 0 Å². The summed E-state index contributed by atoms with van der Waals surface area (Å²) in [6, 6.07) is 0. The van der Waals surface area contributed by atoms with Gasteiger partial charge < -0.3 is 4.42 Å². The van der Waals surface area contributed by atoms with E-state index in [0.717, 1.165) is 0 Å². The number of aldehydes is 1. The molecular weight excluding hydrogens is 142 g/mol. The zero-order chi connectivity index (χ0) is 8.48. The monoisotopic (exact) mass is 153 g/mol. The molecular formula is C8H11NO2. The number of hydrogen-bond donors (Lipinski definition) is 0. The Morgan fingerprint density at radius 3 is 2.45 bits per heavy atom. The Hall–Kier alpha value is -1.12. The van der Waals surface area contributed by atoms with Crippen LogP contribution in [0.2, 0.25) is 0 Å². The molecule has 0 saturated heterocycles. The molecule has 1 rings (SSSR count). The zero-order valence-electron chi connectivity index (χ0n) is 6.92. The fourth-order valence-electron chi connectivity index (χ4n) is 0.685. The summed E-state index contributed by atoms with van der Waals surface area (Å²) >= 11 is 0. The molecule has 0 aliphatic rings. The summed E-state index contributed by atoms with van der Waals surface area (Å²) in [5, 5.41) is 0. The van der Waals surface area contributed by atoms with Crippen molar-refractivity contribution in [2.24, 2.45) is 0 Å². The molecule has 0 atom stereocenters. The van der Waals surface area contributed by atoms with E-state index in [9.17, 15) is 4.79 Å². The lowest BCUT2D eigenvalue weighted by atomic mass is 9.97. The number of aromatic nitrogens is 1. The van der Waals surface area contributed by atoms with E-state index in [1.54, 1.807) is 0 Å². The van der Waals surface area contributed by atoms with Gasteiger partial charge in [0.05, 0.1) is 0 Å². The van der Waals surface area contributed by atoms with Crippen LogP contribution in [0.25, 0.3) is 0 Å². The predicted molar refractivity (Wildman–Crippen MR) is 40.6 cm³/mol. The van der Waals surface area contributed by atoms with Gasteiger partial charge in [0.1, 0.15) is 12.0 Å². The fourth-order valence-corrected chi connectivity index (χ4v) is 0.685. The predicted octanol–water partition coefficient (Wildman–Crippen LogP) is 1.78. The van der Waals surface area contributed by atoms with Gasteiger partial charge in [0.25, 0.3) is 0 Å². The lowest BCUT2D eigenvalue weighted by molar-refractivity contribution is 0.111. The van der Waals surface area contributed by atoms with Gasteiger partial charge in [-0.05, 0) is 0 Å². The van der Waals surface area contributed by atoms with Crippen LogP contribution in [0.4, 0.5) is 0 Å². The number of rotatable bonds is 1. The second-order valence-corrected chi connectivity index (χ2v) is 3.45. The smallest absolute Gasteiger partial charge is 0.200 e. The Kier molecular flexibility index (Phi) is 1.81. The van der Waals surface area contributed by atoms with Crippen molar-refractivity contribution in [3.8, 4) is 0 Å². The van der Waals surface area contributed by atoms with Crippen molar-refractivity contribution in [3.05, 3.63) is 17.8 Å². The van der Waals surface area contributed by atoms with Gasteiger partial charge in [-0.2, -0.15) is 0 Å². The van der Waals surface area contributed by atoms with Crippen LogP contribution in [0.15, 0.2) is 10.7 Å². The summed E-state index contributed by atoms with van der Waals surface area (Å²) in [4.78, 5) is 14.2. The quantitative estimate of drug-likeness (QED) is 0.577. The van der Waals surface area contributed by atoms with Gasteiger partial charge in [-0.25, -0.2) is 4.98 Å². The molecule has 1 heterocycles. The van der Waals surface area contributed by atoms with Crippen molar-refractivity contribution in [1.29, 1.82) is 0 Å². The van der Waals surface area contributed by atoms with Crippen molar-refractivity contribution >= 4 is 6.29 Å². The molecule has 0 radical (unpaired) electrons. The molecule has 1 aromatic rings. The lowest BCUT2D eigenvalue weighted by Crippen LogP contribution is -2.11. The van der Waals surface area contributed by atoms with E-state index in [1.165, 1.54) is 6.26 Å². The maximum atomic E-state index is 10.2. The summed E-state index contributed by atoms with van der Waals surface area (Å²) < 4.78 is 5.08. The number of hydrogen-bond acceptors (Lipinski definition) is 3. The van der Waals surface area contributed by atoms with E-state index >= 15 is 0 Å². The average Bonchev–Trinajstić information content (AvgIpc) is 2.32. The maximum Gasteiger partial charge on any atom is 0.200 e. The minimum atomic E-state index is -0.124. The Morgan fingerprint density at radius 2 is 2.18 bits per heavy atom. The van der Waals surface area contributed by atoms with Crippen LogP contribution in [0.5, 0.6) is 0 Å². The summed E-state index contributed by atoms with van der Waals surface area (Å²) in [6.45, 7) is 5.94. The summed E-state index contributed by atoms with van der Waals surface area (Å²) in [5.41, 5.74) is 0.233. The van der Waals surface area contributed by atoms with Gasteiger partial charge in [-0.15, -0.1) is 0 Å². The number of oxazole rings is 1. The third kappa shape index (κ3) is 1.67. The van der Waals surface area contributed by atoms with E-state index in [-0.39, 0.29) is 5.41 Å². The van der Waals surface area contributed by atoms with Crippen LogP contribution in [0, 0.1) is 0 Å². The van der Waals surface area contributed by atoms with Gasteiger partial charge in [-0.1, -0.05) is 20.8 Å². The van der Waals surface area contributed by atoms with Crippen LogP contribution in [-0.2, 0) is 5.41 Å². The molecule has 0 aliphatic carbocycles. The molecule has 0 saturated carbocycles. The topological polar surface area (TPSA) is 43.1 Å². The molecule has 0 unspecified atom stereocenters. The van der Waals surface area contributed by atoms with E-state index in [1.807, 2.05) is 20.8 Å². The largest absolute Gasteiger partial charge is 0.448 e. The molecule has 11 heavy (non-hydrogen) atoms. The SMILES string of the molecule is CC(C)(C)c1nc(C=O)co1. The number of carbonyl (C=O) groups excluding carboxylic acids is 1. The first kappa shape index (κ1) is 7.98. The minimum Gasteiger partial charge on any atom is -0.448 e. The normalized spacial score (nSPS) is 11.5. The first-order chi connectivity index (χ1) is 5.04. The zero-order valence-corrected chi connectivity index (χ0v) is 6.92. The van der Waals surface area contributed by atoms with E-state index < -0.39 is 0 Å². The molecule has 0 aromatic carbocycles. The van der Waals surface area contributed by atoms with Crippen LogP contribution >= 0.6 is 0 Å². The van der Waals surface area contributed by atoms with Gasteiger partial charge in [0, 0.05) is 5.41 Å². The van der Waals surface area contributed by atoms with Crippen LogP contribution in [0.1, 0.15) is 37.2 Å². The Labute approximate surface area is 65.4 Å². The molecule has 1 aromatic heterocycles. The molecule has 0 N–H and O–H groups in total. The average molecular weight is 153 g/mol. The maximum absolute atomic E-state index is 10.2. The van der Waals surface area contributed by atoms with E-state index in [2.05, 4.69) is 4.98 Å². The third-order valence-electron chi connectivity index (χ3n) is 1.28. The first-order valence-corrected chi connectivity index (χ1v) is 3.45. The summed E-state index contributed by atoms with van der Waals surface area (Å²) in [7, 11) is 0. The van der Waals surface area contributed by atoms with Crippen molar-refractivity contribution in [2.45, 2.75) is 26.2 Å². The first-order valence-electron chi connectivity index (χ1n) is 3.45. The van der Waals surface area contributed by atoms with Gasteiger partial charge >= 0.3 is 0 Å². The van der Waals surface area contributed by atoms with Gasteiger partial charge in [-0.3, -0.25) is 4.79 Å². The van der Waals surface area contributed by atoms with Crippen molar-refractivity contribution in [2.75, 3.05) is 0 Å². The summed E-state index contributed by atoms with van der Waals surface area (Å²) in [5.74, 6) is 0.597. The Balaban J connectivity index is 2.98. The molecule has 0 spiro atoms. The highest BCUT2D eigenvalue weighted by molar-refractivity contribution is 5.70. The number of carbonyl (C=O) groups is 1. The molecule has 0 bridgehead atoms. The van der Waals surface area contributed by atoms with Gasteiger partial charge in [0.15, 0.2) is 12.2 Å². The Bertz CT molecular complexity index is 257.